The number of ether oxygens (including phenoxy) is 2. The highest BCUT2D eigenvalue weighted by Crippen LogP contribution is 2.34. The molecular formula is C20H21ClF2O6. The third-order valence-corrected chi connectivity index (χ3v) is 5.21. The van der Waals surface area contributed by atoms with E-state index in [9.17, 15) is 29.2 Å². The molecule has 0 amide bonds. The maximum absolute atomic E-state index is 14.3. The maximum atomic E-state index is 14.3. The molecule has 2 aromatic carbocycles. The number of hydrogen-bond donors (Lipinski definition) is 4. The Balaban J connectivity index is 1.88. The average molecular weight is 434 g/mol. The first-order valence-electron chi connectivity index (χ1n) is 10.2. The first-order valence-corrected chi connectivity index (χ1v) is 9.05. The second-order valence-corrected chi connectivity index (χ2v) is 7.17. The molecule has 0 unspecified atom stereocenters. The molecule has 1 aliphatic rings. The van der Waals surface area contributed by atoms with Crippen LogP contribution in [0.4, 0.5) is 8.78 Å². The molecule has 0 bridgehead atoms. The summed E-state index contributed by atoms with van der Waals surface area (Å²) in [5.74, 6) is -3.41. The van der Waals surface area contributed by atoms with E-state index in [1.54, 1.807) is 0 Å². The molecule has 0 aromatic heterocycles. The number of aliphatic hydroxyl groups excluding tert-OH is 4. The van der Waals surface area contributed by atoms with Crippen LogP contribution in [0, 0.1) is 11.6 Å². The summed E-state index contributed by atoms with van der Waals surface area (Å²) in [4.78, 5) is 0. The lowest BCUT2D eigenvalue weighted by atomic mass is 9.90. The van der Waals surface area contributed by atoms with Crippen LogP contribution in [-0.2, 0) is 11.2 Å². The highest BCUT2D eigenvalue weighted by atomic mass is 35.5. The van der Waals surface area contributed by atoms with Gasteiger partial charge in [0.25, 0.3) is 0 Å². The quantitative estimate of drug-likeness (QED) is 0.573. The molecule has 9 heteroatoms. The highest BCUT2D eigenvalue weighted by Gasteiger charge is 2.44. The third-order valence-electron chi connectivity index (χ3n) is 4.85. The zero-order valence-corrected chi connectivity index (χ0v) is 15.7. The fourth-order valence-corrected chi connectivity index (χ4v) is 3.50. The summed E-state index contributed by atoms with van der Waals surface area (Å²) in [6.45, 7) is -0.592. The van der Waals surface area contributed by atoms with Crippen molar-refractivity contribution in [3.8, 4) is 5.75 Å². The van der Waals surface area contributed by atoms with Gasteiger partial charge in [-0.3, -0.25) is 0 Å². The van der Waals surface area contributed by atoms with E-state index in [1.807, 2.05) is 0 Å². The average Bonchev–Trinajstić information content (AvgIpc) is 2.70. The van der Waals surface area contributed by atoms with Gasteiger partial charge in [0.1, 0.15) is 30.5 Å². The Labute approximate surface area is 175 Å². The predicted molar refractivity (Wildman–Crippen MR) is 99.9 cm³/mol. The molecule has 29 heavy (non-hydrogen) atoms. The predicted octanol–water partition coefficient (Wildman–Crippen LogP) is 1.73. The Morgan fingerprint density at radius 1 is 1.10 bits per heavy atom. The van der Waals surface area contributed by atoms with Gasteiger partial charge in [0.15, 0.2) is 17.4 Å². The first-order chi connectivity index (χ1) is 14.9. The molecule has 3 rings (SSSR count). The summed E-state index contributed by atoms with van der Waals surface area (Å²) in [5, 5.41) is 39.8. The van der Waals surface area contributed by atoms with Gasteiger partial charge >= 0.3 is 0 Å². The van der Waals surface area contributed by atoms with E-state index in [0.29, 0.717) is 11.1 Å². The van der Waals surface area contributed by atoms with Crippen LogP contribution in [0.1, 0.15) is 26.9 Å². The number of methoxy groups -OCH3 is 1. The second-order valence-electron chi connectivity index (χ2n) is 6.77. The standard InChI is InChI=1S/C20H21ClF2O6/c1-28-20-13(22)5-9(6-14(20)23)4-11-7-10(2-3-12(11)21)19-18(27)17(26)16(25)15(8-24)29-19/h2-3,5-7,15-19,24-27H,4,8H2,1H3/t15-,16-,17+,18-,19+/m1/s1/i1D3. The van der Waals surface area contributed by atoms with Gasteiger partial charge in [0, 0.05) is 5.02 Å². The van der Waals surface area contributed by atoms with Crippen LogP contribution < -0.4 is 4.74 Å². The van der Waals surface area contributed by atoms with Crippen LogP contribution in [0.5, 0.6) is 5.75 Å². The van der Waals surface area contributed by atoms with Crippen molar-refractivity contribution in [1.29, 1.82) is 0 Å². The molecule has 1 saturated heterocycles. The summed E-state index contributed by atoms with van der Waals surface area (Å²) in [6, 6.07) is 6.30. The third kappa shape index (κ3) is 4.37. The molecule has 6 nitrogen and oxygen atoms in total. The Hall–Kier alpha value is -1.81. The number of benzene rings is 2. The molecule has 1 aliphatic heterocycles. The van der Waals surface area contributed by atoms with Crippen LogP contribution in [-0.4, -0.2) is 58.5 Å². The summed E-state index contributed by atoms with van der Waals surface area (Å²) in [6.07, 6.45) is -6.87. The van der Waals surface area contributed by atoms with Gasteiger partial charge in [-0.25, -0.2) is 8.78 Å². The fraction of sp³-hybridized carbons (Fsp3) is 0.400. The zero-order chi connectivity index (χ0) is 23.8. The largest absolute Gasteiger partial charge is 0.491 e. The number of halogens is 3. The molecular weight excluding hydrogens is 410 g/mol. The van der Waals surface area contributed by atoms with Crippen molar-refractivity contribution in [2.75, 3.05) is 13.6 Å². The molecule has 158 valence electrons. The monoisotopic (exact) mass is 433 g/mol. The summed E-state index contributed by atoms with van der Waals surface area (Å²) >= 11 is 6.21. The number of hydrogen-bond acceptors (Lipinski definition) is 6. The molecule has 0 spiro atoms. The number of rotatable bonds is 5. The molecule has 4 N–H and O–H groups in total. The van der Waals surface area contributed by atoms with Crippen LogP contribution in [0.25, 0.3) is 0 Å². The van der Waals surface area contributed by atoms with Gasteiger partial charge < -0.3 is 29.9 Å². The van der Waals surface area contributed by atoms with Crippen molar-refractivity contribution in [3.05, 3.63) is 63.7 Å². The minimum absolute atomic E-state index is 0.0635. The molecule has 0 aliphatic carbocycles. The van der Waals surface area contributed by atoms with E-state index in [0.717, 1.165) is 12.1 Å². The Morgan fingerprint density at radius 2 is 1.79 bits per heavy atom. The van der Waals surface area contributed by atoms with E-state index in [1.165, 1.54) is 18.2 Å². The smallest absolute Gasteiger partial charge is 0.190 e. The molecule has 1 heterocycles. The minimum atomic E-state index is -3.02. The van der Waals surface area contributed by atoms with Crippen LogP contribution in [0.2, 0.25) is 5.02 Å². The van der Waals surface area contributed by atoms with Crippen LogP contribution in [0.3, 0.4) is 0 Å². The SMILES string of the molecule is [2H]C([2H])([2H])Oc1c(F)cc(Cc2cc([C@@H]3O[C@H](CO)[C@@H](O)[C@H](O)[C@H]3O)ccc2Cl)cc1F. The molecule has 2 aromatic rings. The first kappa shape index (κ1) is 18.0. The highest BCUT2D eigenvalue weighted by molar-refractivity contribution is 6.31. The van der Waals surface area contributed by atoms with Crippen molar-refractivity contribution in [2.24, 2.45) is 0 Å². The van der Waals surface area contributed by atoms with Crippen molar-refractivity contribution in [2.45, 2.75) is 36.9 Å². The van der Waals surface area contributed by atoms with E-state index in [4.69, 9.17) is 20.5 Å². The molecule has 0 saturated carbocycles. The summed E-state index contributed by atoms with van der Waals surface area (Å²) in [5.41, 5.74) is 0.875. The molecule has 5 atom stereocenters. The lowest BCUT2D eigenvalue weighted by Gasteiger charge is -2.40. The second kappa shape index (κ2) is 8.91. The Bertz CT molecular complexity index is 952. The van der Waals surface area contributed by atoms with E-state index in [2.05, 4.69) is 4.74 Å². The van der Waals surface area contributed by atoms with E-state index < -0.39 is 61.5 Å². The van der Waals surface area contributed by atoms with E-state index >= 15 is 0 Å². The van der Waals surface area contributed by atoms with Gasteiger partial charge in [-0.05, 0) is 41.3 Å². The minimum Gasteiger partial charge on any atom is -0.491 e. The zero-order valence-electron chi connectivity index (χ0n) is 17.9. The fourth-order valence-electron chi connectivity index (χ4n) is 3.32. The van der Waals surface area contributed by atoms with E-state index in [-0.39, 0.29) is 17.0 Å². The Morgan fingerprint density at radius 3 is 2.41 bits per heavy atom. The molecule has 0 radical (unpaired) electrons. The van der Waals surface area contributed by atoms with Gasteiger partial charge in [0.2, 0.25) is 0 Å². The van der Waals surface area contributed by atoms with Gasteiger partial charge in [-0.15, -0.1) is 0 Å². The summed E-state index contributed by atoms with van der Waals surface area (Å²) < 4.78 is 59.4. The van der Waals surface area contributed by atoms with Crippen molar-refractivity contribution < 1.29 is 42.8 Å². The maximum Gasteiger partial charge on any atom is 0.190 e. The van der Waals surface area contributed by atoms with Gasteiger partial charge in [-0.1, -0.05) is 23.7 Å². The topological polar surface area (TPSA) is 99.4 Å². The van der Waals surface area contributed by atoms with Crippen molar-refractivity contribution in [3.63, 3.8) is 0 Å². The van der Waals surface area contributed by atoms with Gasteiger partial charge in [-0.2, -0.15) is 0 Å². The summed E-state index contributed by atoms with van der Waals surface area (Å²) in [7, 11) is -3.02. The Kier molecular flexibility index (Phi) is 5.53. The normalized spacial score (nSPS) is 29.1. The lowest BCUT2D eigenvalue weighted by molar-refractivity contribution is -0.231. The van der Waals surface area contributed by atoms with Crippen LogP contribution in [0.15, 0.2) is 30.3 Å². The van der Waals surface area contributed by atoms with Crippen molar-refractivity contribution >= 4 is 11.6 Å². The van der Waals surface area contributed by atoms with Crippen molar-refractivity contribution in [1.82, 2.24) is 0 Å². The molecule has 1 fully saturated rings. The van der Waals surface area contributed by atoms with Crippen LogP contribution >= 0.6 is 11.6 Å². The number of aliphatic hydroxyl groups is 4. The lowest BCUT2D eigenvalue weighted by Crippen LogP contribution is -2.55. The van der Waals surface area contributed by atoms with Gasteiger partial charge in [0.05, 0.1) is 17.8 Å².